The third kappa shape index (κ3) is 4.77. The third-order valence-electron chi connectivity index (χ3n) is 7.34. The molecule has 9 nitrogen and oxygen atoms in total. The molecule has 1 saturated heterocycles. The van der Waals surface area contributed by atoms with Crippen molar-refractivity contribution in [1.82, 2.24) is 9.97 Å². The summed E-state index contributed by atoms with van der Waals surface area (Å²) in [5.41, 5.74) is 3.77. The van der Waals surface area contributed by atoms with Crippen molar-refractivity contribution in [2.45, 2.75) is 39.2 Å². The van der Waals surface area contributed by atoms with Gasteiger partial charge in [0, 0.05) is 0 Å². The Kier molecular flexibility index (Phi) is 6.98. The number of Topliss-reactive ketones (excluding diaryl/α,β-unsaturated/α-hetero) is 1. The zero-order valence-corrected chi connectivity index (χ0v) is 24.2. The van der Waals surface area contributed by atoms with Crippen molar-refractivity contribution in [2.75, 3.05) is 26.2 Å². The molecule has 2 N–H and O–H groups in total. The zero-order valence-electron chi connectivity index (χ0n) is 24.2. The van der Waals surface area contributed by atoms with E-state index in [1.54, 1.807) is 30.3 Å². The Balaban J connectivity index is 1.79. The number of imidazole rings is 1. The van der Waals surface area contributed by atoms with Gasteiger partial charge in [-0.3, -0.25) is 14.5 Å². The lowest BCUT2D eigenvalue weighted by molar-refractivity contribution is -0.132. The maximum atomic E-state index is 13.8. The Morgan fingerprint density at radius 1 is 0.902 bits per heavy atom. The van der Waals surface area contributed by atoms with E-state index in [-0.39, 0.29) is 22.7 Å². The number of nitrogens with zero attached hydrogens (tertiary/aromatic N) is 2. The van der Waals surface area contributed by atoms with Crippen LogP contribution in [0.1, 0.15) is 49.1 Å². The number of aliphatic hydroxyl groups is 1. The smallest absolute Gasteiger partial charge is 0.302 e. The highest BCUT2D eigenvalue weighted by atomic mass is 16.5. The maximum absolute atomic E-state index is 13.8. The van der Waals surface area contributed by atoms with Gasteiger partial charge in [-0.25, -0.2) is 4.98 Å². The quantitative estimate of drug-likeness (QED) is 0.175. The number of ether oxygens (including phenoxy) is 3. The van der Waals surface area contributed by atoms with Gasteiger partial charge < -0.3 is 24.3 Å². The minimum atomic E-state index is -1.03. The number of amides is 1. The summed E-state index contributed by atoms with van der Waals surface area (Å²) in [5, 5.41) is 11.8. The number of benzene rings is 3. The van der Waals surface area contributed by atoms with Crippen molar-refractivity contribution < 1.29 is 28.9 Å². The first-order valence-corrected chi connectivity index (χ1v) is 13.2. The fourth-order valence-corrected chi connectivity index (χ4v) is 5.12. The van der Waals surface area contributed by atoms with Gasteiger partial charge in [0.25, 0.3) is 5.78 Å². The first-order valence-electron chi connectivity index (χ1n) is 13.2. The molecule has 9 heteroatoms. The number of methoxy groups -OCH3 is 3. The van der Waals surface area contributed by atoms with Crippen molar-refractivity contribution in [3.63, 3.8) is 0 Å². The number of H-pyrrole nitrogens is 1. The fourth-order valence-electron chi connectivity index (χ4n) is 5.12. The van der Waals surface area contributed by atoms with E-state index >= 15 is 0 Å². The molecule has 1 aliphatic rings. The van der Waals surface area contributed by atoms with Crippen molar-refractivity contribution in [3.05, 3.63) is 82.4 Å². The molecule has 0 aliphatic carbocycles. The van der Waals surface area contributed by atoms with E-state index in [9.17, 15) is 14.7 Å². The number of carbonyl (C=O) groups is 2. The van der Waals surface area contributed by atoms with Crippen molar-refractivity contribution >= 4 is 34.4 Å². The van der Waals surface area contributed by atoms with E-state index < -0.39 is 17.7 Å². The van der Waals surface area contributed by atoms with Crippen LogP contribution in [0.4, 0.5) is 5.95 Å². The van der Waals surface area contributed by atoms with Gasteiger partial charge in [-0.2, -0.15) is 0 Å². The number of anilines is 1. The van der Waals surface area contributed by atoms with Gasteiger partial charge in [0.05, 0.1) is 49.5 Å². The summed E-state index contributed by atoms with van der Waals surface area (Å²) in [6, 6.07) is 15.2. The molecule has 1 aliphatic heterocycles. The van der Waals surface area contributed by atoms with E-state index in [0.717, 1.165) is 11.1 Å². The summed E-state index contributed by atoms with van der Waals surface area (Å²) in [7, 11) is 4.52. The van der Waals surface area contributed by atoms with Crippen LogP contribution < -0.4 is 19.1 Å². The Morgan fingerprint density at radius 3 is 2.24 bits per heavy atom. The molecular formula is C32H33N3O6. The van der Waals surface area contributed by atoms with Crippen LogP contribution in [0.25, 0.3) is 16.8 Å². The number of aromatic nitrogens is 2. The minimum Gasteiger partial charge on any atom is -0.507 e. The summed E-state index contributed by atoms with van der Waals surface area (Å²) in [4.78, 5) is 36.6. The average Bonchev–Trinajstić information content (AvgIpc) is 3.48. The lowest BCUT2D eigenvalue weighted by atomic mass is 9.85. The van der Waals surface area contributed by atoms with Crippen LogP contribution in [-0.2, 0) is 15.0 Å². The van der Waals surface area contributed by atoms with Crippen LogP contribution in [0.15, 0.2) is 60.2 Å². The topological polar surface area (TPSA) is 114 Å². The summed E-state index contributed by atoms with van der Waals surface area (Å²) in [5.74, 6) is -0.584. The first-order chi connectivity index (χ1) is 19.5. The molecule has 1 unspecified atom stereocenters. The highest BCUT2D eigenvalue weighted by Crippen LogP contribution is 2.45. The summed E-state index contributed by atoms with van der Waals surface area (Å²) >= 11 is 0. The molecule has 212 valence electrons. The largest absolute Gasteiger partial charge is 0.507 e. The fraction of sp³-hybridized carbons (Fsp3) is 0.281. The van der Waals surface area contributed by atoms with Crippen molar-refractivity contribution in [1.29, 1.82) is 0 Å². The van der Waals surface area contributed by atoms with Crippen molar-refractivity contribution in [3.8, 4) is 17.2 Å². The molecule has 4 aromatic rings. The van der Waals surface area contributed by atoms with Gasteiger partial charge in [0.1, 0.15) is 11.5 Å². The SMILES string of the molecule is COc1ccc(C2/C(=C(\O)c3cc(C(C)(C)C)ccc3OC)C(=O)C(=O)N2c2nc3ccc(C)cc3[nH]2)cc1OC. The van der Waals surface area contributed by atoms with Crippen LogP contribution in [0.3, 0.4) is 0 Å². The molecule has 1 amide bonds. The normalized spacial score (nSPS) is 16.9. The second-order valence-electron chi connectivity index (χ2n) is 11.0. The van der Waals surface area contributed by atoms with Gasteiger partial charge in [-0.05, 0) is 65.4 Å². The Bertz CT molecular complexity index is 1710. The molecule has 41 heavy (non-hydrogen) atoms. The number of hydrogen-bond donors (Lipinski definition) is 2. The second-order valence-corrected chi connectivity index (χ2v) is 11.0. The Labute approximate surface area is 238 Å². The third-order valence-corrected chi connectivity index (χ3v) is 7.34. The molecule has 1 atom stereocenters. The molecule has 0 saturated carbocycles. The number of carbonyl (C=O) groups excluding carboxylic acids is 2. The summed E-state index contributed by atoms with van der Waals surface area (Å²) < 4.78 is 16.5. The Morgan fingerprint density at radius 2 is 1.59 bits per heavy atom. The van der Waals surface area contributed by atoms with Gasteiger partial charge in [0.15, 0.2) is 11.5 Å². The van der Waals surface area contributed by atoms with E-state index in [1.807, 2.05) is 52.0 Å². The number of aromatic amines is 1. The summed E-state index contributed by atoms with van der Waals surface area (Å²) in [6.07, 6.45) is 0. The molecule has 3 aromatic carbocycles. The maximum Gasteiger partial charge on any atom is 0.302 e. The number of fused-ring (bicyclic) bond motifs is 1. The number of ketones is 1. The predicted molar refractivity (Wildman–Crippen MR) is 157 cm³/mol. The van der Waals surface area contributed by atoms with E-state index in [2.05, 4.69) is 9.97 Å². The monoisotopic (exact) mass is 555 g/mol. The van der Waals surface area contributed by atoms with E-state index in [4.69, 9.17) is 14.2 Å². The van der Waals surface area contributed by atoms with Crippen LogP contribution in [0.2, 0.25) is 0 Å². The Hall–Kier alpha value is -4.79. The van der Waals surface area contributed by atoms with Gasteiger partial charge in [-0.1, -0.05) is 39.0 Å². The standard InChI is InChI=1S/C32H33N3O6/c1-17-8-11-21-22(14-17)34-31(33-21)35-27(18-9-12-24(40-6)25(15-18)41-7)26(29(37)30(35)38)28(36)20-16-19(32(2,3)4)10-13-23(20)39-5/h8-16,27,36H,1-7H3,(H,33,34)/b28-26+. The lowest BCUT2D eigenvalue weighted by Crippen LogP contribution is -2.30. The number of aliphatic hydroxyl groups excluding tert-OH is 1. The minimum absolute atomic E-state index is 0.0942. The van der Waals surface area contributed by atoms with Crippen LogP contribution in [0, 0.1) is 6.92 Å². The number of rotatable bonds is 6. The molecule has 5 rings (SSSR count). The number of nitrogens with one attached hydrogen (secondary N) is 1. The average molecular weight is 556 g/mol. The molecule has 0 bridgehead atoms. The molecule has 1 fully saturated rings. The van der Waals surface area contributed by atoms with E-state index in [1.165, 1.54) is 26.2 Å². The molecule has 0 radical (unpaired) electrons. The highest BCUT2D eigenvalue weighted by molar-refractivity contribution is 6.51. The van der Waals surface area contributed by atoms with Gasteiger partial charge in [-0.15, -0.1) is 0 Å². The van der Waals surface area contributed by atoms with Crippen LogP contribution >= 0.6 is 0 Å². The molecule has 1 aromatic heterocycles. The molecular weight excluding hydrogens is 522 g/mol. The van der Waals surface area contributed by atoms with Crippen LogP contribution in [0.5, 0.6) is 17.2 Å². The van der Waals surface area contributed by atoms with Gasteiger partial charge in [0.2, 0.25) is 5.95 Å². The zero-order chi connectivity index (χ0) is 29.6. The predicted octanol–water partition coefficient (Wildman–Crippen LogP) is 5.82. The molecule has 2 heterocycles. The second kappa shape index (κ2) is 10.3. The highest BCUT2D eigenvalue weighted by Gasteiger charge is 2.48. The first kappa shape index (κ1) is 27.8. The van der Waals surface area contributed by atoms with E-state index in [0.29, 0.717) is 39.4 Å². The lowest BCUT2D eigenvalue weighted by Gasteiger charge is -2.24. The van der Waals surface area contributed by atoms with Gasteiger partial charge >= 0.3 is 5.91 Å². The molecule has 0 spiro atoms. The van der Waals surface area contributed by atoms with Crippen LogP contribution in [-0.4, -0.2) is 48.1 Å². The summed E-state index contributed by atoms with van der Waals surface area (Å²) in [6.45, 7) is 8.09. The van der Waals surface area contributed by atoms with Crippen molar-refractivity contribution in [2.24, 2.45) is 0 Å². The number of aryl methyl sites for hydroxylation is 1. The number of hydrogen-bond acceptors (Lipinski definition) is 7.